The number of halogens is 2. The highest BCUT2D eigenvalue weighted by molar-refractivity contribution is 8.13. The standard InChI is InChI=1S/C12H9Cl2NO3S/c1-8-4-10(2-3-12(8)19(14,16)17)18-11-5-9(13)6-15-7-11/h2-7H,1H3. The predicted molar refractivity (Wildman–Crippen MR) is 73.5 cm³/mol. The second-order valence-electron chi connectivity index (χ2n) is 3.81. The number of nitrogens with zero attached hydrogens (tertiary/aromatic N) is 1. The van der Waals surface area contributed by atoms with Gasteiger partial charge in [0.1, 0.15) is 11.5 Å². The van der Waals surface area contributed by atoms with E-state index in [9.17, 15) is 8.42 Å². The smallest absolute Gasteiger partial charge is 0.261 e. The molecule has 0 aliphatic heterocycles. The van der Waals surface area contributed by atoms with Crippen LogP contribution in [0.5, 0.6) is 11.5 Å². The highest BCUT2D eigenvalue weighted by atomic mass is 35.7. The van der Waals surface area contributed by atoms with Crippen LogP contribution in [0.2, 0.25) is 5.02 Å². The first-order valence-electron chi connectivity index (χ1n) is 5.20. The molecule has 0 N–H and O–H groups in total. The van der Waals surface area contributed by atoms with E-state index in [4.69, 9.17) is 27.0 Å². The van der Waals surface area contributed by atoms with Crippen molar-refractivity contribution in [2.45, 2.75) is 11.8 Å². The van der Waals surface area contributed by atoms with Crippen LogP contribution in [0.3, 0.4) is 0 Å². The number of aromatic nitrogens is 1. The zero-order chi connectivity index (χ0) is 14.0. The van der Waals surface area contributed by atoms with E-state index in [1.807, 2.05) is 0 Å². The largest absolute Gasteiger partial charge is 0.456 e. The minimum atomic E-state index is -3.75. The van der Waals surface area contributed by atoms with Crippen LogP contribution < -0.4 is 4.74 Å². The zero-order valence-electron chi connectivity index (χ0n) is 9.80. The van der Waals surface area contributed by atoms with Crippen molar-refractivity contribution < 1.29 is 13.2 Å². The Labute approximate surface area is 120 Å². The molecule has 0 radical (unpaired) electrons. The van der Waals surface area contributed by atoms with Gasteiger partial charge in [0.25, 0.3) is 9.05 Å². The topological polar surface area (TPSA) is 56.3 Å². The maximum atomic E-state index is 11.3. The Morgan fingerprint density at radius 2 is 1.89 bits per heavy atom. The Morgan fingerprint density at radius 3 is 2.47 bits per heavy atom. The average Bonchev–Trinajstić information content (AvgIpc) is 2.27. The quantitative estimate of drug-likeness (QED) is 0.809. The Morgan fingerprint density at radius 1 is 1.16 bits per heavy atom. The summed E-state index contributed by atoms with van der Waals surface area (Å²) in [6, 6.07) is 6.10. The molecular formula is C12H9Cl2NO3S. The van der Waals surface area contributed by atoms with Gasteiger partial charge >= 0.3 is 0 Å². The van der Waals surface area contributed by atoms with Crippen molar-refractivity contribution in [3.8, 4) is 11.5 Å². The van der Waals surface area contributed by atoms with Gasteiger partial charge in [0.15, 0.2) is 0 Å². The molecule has 100 valence electrons. The van der Waals surface area contributed by atoms with Gasteiger partial charge in [-0.05, 0) is 30.7 Å². The van der Waals surface area contributed by atoms with Crippen LogP contribution >= 0.6 is 22.3 Å². The van der Waals surface area contributed by atoms with Gasteiger partial charge in [-0.2, -0.15) is 0 Å². The molecule has 0 atom stereocenters. The second kappa shape index (κ2) is 5.36. The van der Waals surface area contributed by atoms with Crippen LogP contribution in [-0.2, 0) is 9.05 Å². The van der Waals surface area contributed by atoms with Gasteiger partial charge in [-0.3, -0.25) is 4.98 Å². The first-order chi connectivity index (χ1) is 8.86. The van der Waals surface area contributed by atoms with Crippen LogP contribution in [0.4, 0.5) is 0 Å². The van der Waals surface area contributed by atoms with Gasteiger partial charge in [-0.25, -0.2) is 8.42 Å². The van der Waals surface area contributed by atoms with Gasteiger partial charge in [-0.15, -0.1) is 0 Å². The molecule has 0 saturated heterocycles. The van der Waals surface area contributed by atoms with Crippen molar-refractivity contribution in [2.24, 2.45) is 0 Å². The lowest BCUT2D eigenvalue weighted by atomic mass is 10.2. The molecule has 1 heterocycles. The van der Waals surface area contributed by atoms with Crippen molar-refractivity contribution in [1.29, 1.82) is 0 Å². The molecule has 0 fully saturated rings. The van der Waals surface area contributed by atoms with Crippen molar-refractivity contribution in [3.05, 3.63) is 47.2 Å². The molecule has 19 heavy (non-hydrogen) atoms. The normalized spacial score (nSPS) is 11.3. The van der Waals surface area contributed by atoms with Crippen LogP contribution in [-0.4, -0.2) is 13.4 Å². The van der Waals surface area contributed by atoms with Gasteiger partial charge < -0.3 is 4.74 Å². The van der Waals surface area contributed by atoms with Crippen molar-refractivity contribution >= 4 is 31.3 Å². The zero-order valence-corrected chi connectivity index (χ0v) is 12.1. The van der Waals surface area contributed by atoms with Crippen molar-refractivity contribution in [3.63, 3.8) is 0 Å². The summed E-state index contributed by atoms with van der Waals surface area (Å²) in [6.45, 7) is 1.64. The van der Waals surface area contributed by atoms with E-state index < -0.39 is 9.05 Å². The molecule has 2 rings (SSSR count). The monoisotopic (exact) mass is 317 g/mol. The molecule has 4 nitrogen and oxygen atoms in total. The summed E-state index contributed by atoms with van der Waals surface area (Å²) >= 11 is 5.79. The molecule has 0 aliphatic rings. The molecule has 0 amide bonds. The van der Waals surface area contributed by atoms with Gasteiger partial charge in [-0.1, -0.05) is 11.6 Å². The summed E-state index contributed by atoms with van der Waals surface area (Å²) in [6.07, 6.45) is 3.00. The summed E-state index contributed by atoms with van der Waals surface area (Å²) in [5, 5.41) is 0.453. The fourth-order valence-corrected chi connectivity index (χ4v) is 2.90. The molecule has 0 saturated carbocycles. The molecule has 0 spiro atoms. The summed E-state index contributed by atoms with van der Waals surface area (Å²) in [5.74, 6) is 0.944. The Hall–Kier alpha value is -1.30. The first kappa shape index (κ1) is 14.1. The molecule has 2 aromatic rings. The third-order valence-corrected chi connectivity index (χ3v) is 4.01. The van der Waals surface area contributed by atoms with Crippen LogP contribution in [0.15, 0.2) is 41.6 Å². The summed E-state index contributed by atoms with van der Waals surface area (Å²) < 4.78 is 28.1. The second-order valence-corrected chi connectivity index (χ2v) is 6.78. The summed E-state index contributed by atoms with van der Waals surface area (Å²) in [5.41, 5.74) is 0.502. The van der Waals surface area contributed by atoms with Crippen LogP contribution in [0.25, 0.3) is 0 Å². The van der Waals surface area contributed by atoms with Gasteiger partial charge in [0.2, 0.25) is 0 Å². The third kappa shape index (κ3) is 3.59. The Balaban J connectivity index is 2.31. The molecule has 0 bridgehead atoms. The van der Waals surface area contributed by atoms with Gasteiger partial charge in [0.05, 0.1) is 16.1 Å². The van der Waals surface area contributed by atoms with E-state index in [2.05, 4.69) is 4.98 Å². The molecule has 0 aliphatic carbocycles. The number of benzene rings is 1. The van der Waals surface area contributed by atoms with Crippen LogP contribution in [0.1, 0.15) is 5.56 Å². The molecular weight excluding hydrogens is 309 g/mol. The van der Waals surface area contributed by atoms with Crippen molar-refractivity contribution in [2.75, 3.05) is 0 Å². The van der Waals surface area contributed by atoms with E-state index in [1.54, 1.807) is 19.1 Å². The van der Waals surface area contributed by atoms with Gasteiger partial charge in [0, 0.05) is 22.9 Å². The highest BCUT2D eigenvalue weighted by Gasteiger charge is 2.13. The van der Waals surface area contributed by atoms with E-state index in [1.165, 1.54) is 24.5 Å². The maximum Gasteiger partial charge on any atom is 0.261 e. The summed E-state index contributed by atoms with van der Waals surface area (Å²) in [7, 11) is 1.55. The number of pyridine rings is 1. The van der Waals surface area contributed by atoms with E-state index in [-0.39, 0.29) is 4.90 Å². The number of aryl methyl sites for hydroxylation is 1. The molecule has 7 heteroatoms. The minimum Gasteiger partial charge on any atom is -0.456 e. The first-order valence-corrected chi connectivity index (χ1v) is 7.89. The highest BCUT2D eigenvalue weighted by Crippen LogP contribution is 2.27. The molecule has 1 aromatic carbocycles. The van der Waals surface area contributed by atoms with E-state index in [0.717, 1.165) is 0 Å². The maximum absolute atomic E-state index is 11.3. The lowest BCUT2D eigenvalue weighted by molar-refractivity contribution is 0.479. The third-order valence-electron chi connectivity index (χ3n) is 2.32. The minimum absolute atomic E-state index is 0.0609. The van der Waals surface area contributed by atoms with E-state index in [0.29, 0.717) is 22.1 Å². The van der Waals surface area contributed by atoms with Crippen molar-refractivity contribution in [1.82, 2.24) is 4.98 Å². The Bertz CT molecular complexity index is 717. The van der Waals surface area contributed by atoms with Crippen LogP contribution in [0, 0.1) is 6.92 Å². The average molecular weight is 318 g/mol. The fraction of sp³-hybridized carbons (Fsp3) is 0.0833. The predicted octanol–water partition coefficient (Wildman–Crippen LogP) is 3.76. The number of ether oxygens (including phenoxy) is 1. The number of rotatable bonds is 3. The SMILES string of the molecule is Cc1cc(Oc2cncc(Cl)c2)ccc1S(=O)(=O)Cl. The fourth-order valence-electron chi connectivity index (χ4n) is 1.54. The Kier molecular flexibility index (Phi) is 3.99. The lowest BCUT2D eigenvalue weighted by Gasteiger charge is -2.08. The molecule has 0 unspecified atom stereocenters. The molecule has 1 aromatic heterocycles. The lowest BCUT2D eigenvalue weighted by Crippen LogP contribution is -1.95. The number of hydrogen-bond acceptors (Lipinski definition) is 4. The van der Waals surface area contributed by atoms with E-state index >= 15 is 0 Å². The number of hydrogen-bond donors (Lipinski definition) is 0. The summed E-state index contributed by atoms with van der Waals surface area (Å²) in [4.78, 5) is 3.95.